The average Bonchev–Trinajstić information content (AvgIpc) is 2.29. The van der Waals surface area contributed by atoms with Gasteiger partial charge in [-0.2, -0.15) is 0 Å². The van der Waals surface area contributed by atoms with Gasteiger partial charge in [0.05, 0.1) is 0 Å². The van der Waals surface area contributed by atoms with E-state index in [9.17, 15) is 0 Å². The summed E-state index contributed by atoms with van der Waals surface area (Å²) in [5.41, 5.74) is 0. The van der Waals surface area contributed by atoms with Crippen molar-refractivity contribution in [1.82, 2.24) is 10.2 Å². The first kappa shape index (κ1) is 13.9. The first-order valence-electron chi connectivity index (χ1n) is 6.78. The van der Waals surface area contributed by atoms with Gasteiger partial charge in [0.2, 0.25) is 0 Å². The third-order valence-corrected chi connectivity index (χ3v) is 3.74. The SMILES string of the molecule is CNC1CCN(CCCCCCO)CC1C. The number of hydrogen-bond acceptors (Lipinski definition) is 3. The zero-order valence-electron chi connectivity index (χ0n) is 10.9. The molecule has 0 bridgehead atoms. The summed E-state index contributed by atoms with van der Waals surface area (Å²) in [6.07, 6.45) is 5.99. The van der Waals surface area contributed by atoms with Crippen LogP contribution in [-0.2, 0) is 0 Å². The Balaban J connectivity index is 2.06. The first-order chi connectivity index (χ1) is 7.77. The maximum Gasteiger partial charge on any atom is 0.0431 e. The second-order valence-corrected chi connectivity index (χ2v) is 5.10. The van der Waals surface area contributed by atoms with E-state index in [4.69, 9.17) is 5.11 Å². The molecule has 16 heavy (non-hydrogen) atoms. The molecule has 0 aliphatic carbocycles. The molecule has 1 heterocycles. The molecule has 1 fully saturated rings. The highest BCUT2D eigenvalue weighted by Crippen LogP contribution is 2.17. The molecule has 0 aromatic heterocycles. The van der Waals surface area contributed by atoms with Crippen LogP contribution in [0.25, 0.3) is 0 Å². The number of nitrogens with zero attached hydrogens (tertiary/aromatic N) is 1. The average molecular weight is 228 g/mol. The lowest BCUT2D eigenvalue weighted by molar-refractivity contribution is 0.149. The molecule has 1 aliphatic rings. The topological polar surface area (TPSA) is 35.5 Å². The normalized spacial score (nSPS) is 27.2. The minimum atomic E-state index is 0.352. The molecular weight excluding hydrogens is 200 g/mol. The predicted molar refractivity (Wildman–Crippen MR) is 68.6 cm³/mol. The van der Waals surface area contributed by atoms with Crippen LogP contribution in [0.3, 0.4) is 0 Å². The van der Waals surface area contributed by atoms with Gasteiger partial charge in [0.25, 0.3) is 0 Å². The Morgan fingerprint density at radius 1 is 1.25 bits per heavy atom. The lowest BCUT2D eigenvalue weighted by Gasteiger charge is -2.36. The van der Waals surface area contributed by atoms with Crippen LogP contribution < -0.4 is 5.32 Å². The Hall–Kier alpha value is -0.120. The van der Waals surface area contributed by atoms with Gasteiger partial charge in [-0.3, -0.25) is 0 Å². The maximum atomic E-state index is 8.69. The van der Waals surface area contributed by atoms with Gasteiger partial charge in [0, 0.05) is 19.2 Å². The highest BCUT2D eigenvalue weighted by atomic mass is 16.2. The molecule has 3 heteroatoms. The molecule has 0 radical (unpaired) electrons. The third kappa shape index (κ3) is 4.81. The fraction of sp³-hybridized carbons (Fsp3) is 1.00. The Morgan fingerprint density at radius 3 is 2.62 bits per heavy atom. The lowest BCUT2D eigenvalue weighted by atomic mass is 9.94. The van der Waals surface area contributed by atoms with Crippen molar-refractivity contribution in [3.8, 4) is 0 Å². The summed E-state index contributed by atoms with van der Waals surface area (Å²) in [6, 6.07) is 0.714. The van der Waals surface area contributed by atoms with Gasteiger partial charge in [0.1, 0.15) is 0 Å². The summed E-state index contributed by atoms with van der Waals surface area (Å²) < 4.78 is 0. The van der Waals surface area contributed by atoms with Crippen LogP contribution in [0, 0.1) is 5.92 Å². The van der Waals surface area contributed by atoms with E-state index in [1.165, 1.54) is 45.3 Å². The Morgan fingerprint density at radius 2 is 2.00 bits per heavy atom. The molecule has 96 valence electrons. The van der Waals surface area contributed by atoms with Crippen LogP contribution in [0.1, 0.15) is 39.0 Å². The van der Waals surface area contributed by atoms with Gasteiger partial charge in [-0.05, 0) is 45.3 Å². The second-order valence-electron chi connectivity index (χ2n) is 5.10. The minimum absolute atomic E-state index is 0.352. The van der Waals surface area contributed by atoms with E-state index in [-0.39, 0.29) is 0 Å². The molecule has 0 amide bonds. The number of aliphatic hydroxyl groups excluding tert-OH is 1. The molecule has 3 nitrogen and oxygen atoms in total. The standard InChI is InChI=1S/C13H28N2O/c1-12-11-15(9-7-13(12)14-2)8-5-3-4-6-10-16/h12-14,16H,3-11H2,1-2H3. The van der Waals surface area contributed by atoms with E-state index in [0.29, 0.717) is 12.6 Å². The molecule has 1 saturated heterocycles. The number of hydrogen-bond donors (Lipinski definition) is 2. The van der Waals surface area contributed by atoms with E-state index in [0.717, 1.165) is 12.3 Å². The summed E-state index contributed by atoms with van der Waals surface area (Å²) in [4.78, 5) is 2.59. The zero-order chi connectivity index (χ0) is 11.8. The number of aliphatic hydroxyl groups is 1. The van der Waals surface area contributed by atoms with Crippen molar-refractivity contribution in [2.45, 2.75) is 45.1 Å². The smallest absolute Gasteiger partial charge is 0.0431 e. The fourth-order valence-electron chi connectivity index (χ4n) is 2.66. The lowest BCUT2D eigenvalue weighted by Crippen LogP contribution is -2.47. The third-order valence-electron chi connectivity index (χ3n) is 3.74. The first-order valence-corrected chi connectivity index (χ1v) is 6.78. The van der Waals surface area contributed by atoms with Crippen molar-refractivity contribution >= 4 is 0 Å². The van der Waals surface area contributed by atoms with Crippen LogP contribution in [0.4, 0.5) is 0 Å². The predicted octanol–water partition coefficient (Wildman–Crippen LogP) is 1.47. The molecule has 2 N–H and O–H groups in total. The summed E-state index contributed by atoms with van der Waals surface area (Å²) >= 11 is 0. The van der Waals surface area contributed by atoms with E-state index >= 15 is 0 Å². The summed E-state index contributed by atoms with van der Waals surface area (Å²) in [5, 5.41) is 12.1. The molecule has 0 spiro atoms. The van der Waals surface area contributed by atoms with E-state index in [1.807, 2.05) is 0 Å². The van der Waals surface area contributed by atoms with Gasteiger partial charge < -0.3 is 15.3 Å². The van der Waals surface area contributed by atoms with Crippen molar-refractivity contribution in [3.63, 3.8) is 0 Å². The molecule has 0 aromatic rings. The van der Waals surface area contributed by atoms with Gasteiger partial charge in [-0.15, -0.1) is 0 Å². The van der Waals surface area contributed by atoms with Gasteiger partial charge in [0.15, 0.2) is 0 Å². The number of likely N-dealkylation sites (tertiary alicyclic amines) is 1. The summed E-state index contributed by atoms with van der Waals surface area (Å²) in [5.74, 6) is 0.774. The van der Waals surface area contributed by atoms with Crippen LogP contribution in [0.5, 0.6) is 0 Å². The number of rotatable bonds is 7. The van der Waals surface area contributed by atoms with Crippen molar-refractivity contribution in [2.75, 3.05) is 33.3 Å². The van der Waals surface area contributed by atoms with Crippen molar-refractivity contribution in [2.24, 2.45) is 5.92 Å². The summed E-state index contributed by atoms with van der Waals surface area (Å²) in [7, 11) is 2.08. The zero-order valence-corrected chi connectivity index (χ0v) is 10.9. The van der Waals surface area contributed by atoms with Crippen LogP contribution in [0.15, 0.2) is 0 Å². The molecule has 0 saturated carbocycles. The fourth-order valence-corrected chi connectivity index (χ4v) is 2.66. The molecule has 1 aliphatic heterocycles. The Labute approximate surface area is 100 Å². The van der Waals surface area contributed by atoms with E-state index < -0.39 is 0 Å². The number of piperidine rings is 1. The molecular formula is C13H28N2O. The molecule has 1 rings (SSSR count). The quantitative estimate of drug-likeness (QED) is 0.648. The van der Waals surface area contributed by atoms with E-state index in [2.05, 4.69) is 24.2 Å². The molecule has 2 atom stereocenters. The van der Waals surface area contributed by atoms with Crippen LogP contribution in [0.2, 0.25) is 0 Å². The van der Waals surface area contributed by atoms with Crippen LogP contribution in [-0.4, -0.2) is 49.3 Å². The largest absolute Gasteiger partial charge is 0.396 e. The Kier molecular flexibility index (Phi) is 7.01. The van der Waals surface area contributed by atoms with Crippen molar-refractivity contribution < 1.29 is 5.11 Å². The van der Waals surface area contributed by atoms with Crippen LogP contribution >= 0.6 is 0 Å². The highest BCUT2D eigenvalue weighted by molar-refractivity contribution is 4.81. The van der Waals surface area contributed by atoms with Gasteiger partial charge in [-0.25, -0.2) is 0 Å². The van der Waals surface area contributed by atoms with Crippen molar-refractivity contribution in [3.05, 3.63) is 0 Å². The molecule has 0 aromatic carbocycles. The Bertz CT molecular complexity index is 175. The van der Waals surface area contributed by atoms with Gasteiger partial charge in [-0.1, -0.05) is 19.8 Å². The van der Waals surface area contributed by atoms with Crippen molar-refractivity contribution in [1.29, 1.82) is 0 Å². The summed E-state index contributed by atoms with van der Waals surface area (Å²) in [6.45, 7) is 6.43. The highest BCUT2D eigenvalue weighted by Gasteiger charge is 2.23. The maximum absolute atomic E-state index is 8.69. The molecule has 2 unspecified atom stereocenters. The number of unbranched alkanes of at least 4 members (excludes halogenated alkanes) is 3. The van der Waals surface area contributed by atoms with E-state index in [1.54, 1.807) is 0 Å². The van der Waals surface area contributed by atoms with Gasteiger partial charge >= 0.3 is 0 Å². The second kappa shape index (κ2) is 8.04. The minimum Gasteiger partial charge on any atom is -0.396 e. The monoisotopic (exact) mass is 228 g/mol. The number of nitrogens with one attached hydrogen (secondary N) is 1.